The van der Waals surface area contributed by atoms with Gasteiger partial charge in [0, 0.05) is 29.5 Å². The molecule has 1 aliphatic heterocycles. The first-order chi connectivity index (χ1) is 15.8. The van der Waals surface area contributed by atoms with Gasteiger partial charge in [0.15, 0.2) is 0 Å². The number of carbonyl (C=O) groups is 2. The van der Waals surface area contributed by atoms with Gasteiger partial charge < -0.3 is 14.7 Å². The number of benzene rings is 2. The van der Waals surface area contributed by atoms with Crippen LogP contribution in [0.4, 0.5) is 5.69 Å². The summed E-state index contributed by atoms with van der Waals surface area (Å²) in [7, 11) is -3.80. The van der Waals surface area contributed by atoms with E-state index in [4.69, 9.17) is 4.52 Å². The first-order valence-electron chi connectivity index (χ1n) is 11.8. The Morgan fingerprint density at radius 2 is 1.70 bits per heavy atom. The highest BCUT2D eigenvalue weighted by Gasteiger charge is 2.38. The fourth-order valence-corrected chi connectivity index (χ4v) is 6.62. The zero-order chi connectivity index (χ0) is 24.0. The lowest BCUT2D eigenvalue weighted by Crippen LogP contribution is -2.32. The van der Waals surface area contributed by atoms with Crippen molar-refractivity contribution < 1.29 is 18.7 Å². The molecular formula is C26H35N2O4P. The summed E-state index contributed by atoms with van der Waals surface area (Å²) in [5.41, 5.74) is 2.65. The van der Waals surface area contributed by atoms with Crippen LogP contribution in [0.25, 0.3) is 0 Å². The second-order valence-corrected chi connectivity index (χ2v) is 11.0. The topological polar surface area (TPSA) is 75.7 Å². The van der Waals surface area contributed by atoms with E-state index in [0.717, 1.165) is 30.8 Å². The van der Waals surface area contributed by atoms with Crippen molar-refractivity contribution in [3.8, 4) is 0 Å². The molecule has 2 aromatic rings. The molecule has 6 nitrogen and oxygen atoms in total. The highest BCUT2D eigenvalue weighted by Crippen LogP contribution is 2.50. The summed E-state index contributed by atoms with van der Waals surface area (Å²) < 4.78 is 19.5. The van der Waals surface area contributed by atoms with E-state index in [1.807, 2.05) is 26.0 Å². The molecule has 1 aliphatic rings. The summed E-state index contributed by atoms with van der Waals surface area (Å²) in [6.07, 6.45) is 4.03. The van der Waals surface area contributed by atoms with Crippen LogP contribution in [0.5, 0.6) is 0 Å². The van der Waals surface area contributed by atoms with Gasteiger partial charge in [-0.2, -0.15) is 0 Å². The van der Waals surface area contributed by atoms with Crippen LogP contribution in [0.1, 0.15) is 59.7 Å². The minimum absolute atomic E-state index is 0.0786. The predicted molar refractivity (Wildman–Crippen MR) is 134 cm³/mol. The molecule has 7 heteroatoms. The quantitative estimate of drug-likeness (QED) is 0.510. The molecule has 1 amide bonds. The van der Waals surface area contributed by atoms with E-state index in [1.54, 1.807) is 38.1 Å². The first kappa shape index (κ1) is 25.4. The Kier molecular flexibility index (Phi) is 8.63. The molecule has 1 fully saturated rings. The molecule has 2 aromatic carbocycles. The maximum absolute atomic E-state index is 13.9. The van der Waals surface area contributed by atoms with Gasteiger partial charge in [0.05, 0.1) is 6.61 Å². The van der Waals surface area contributed by atoms with Gasteiger partial charge in [-0.25, -0.2) is 0 Å². The Hall–Kier alpha value is -2.27. The molecule has 1 N–H and O–H groups in total. The fourth-order valence-electron chi connectivity index (χ4n) is 4.56. The number of nitrogens with zero attached hydrogens (tertiary/aromatic N) is 1. The summed E-state index contributed by atoms with van der Waals surface area (Å²) in [4.78, 5) is 28.7. The van der Waals surface area contributed by atoms with E-state index in [2.05, 4.69) is 10.2 Å². The Bertz CT molecular complexity index is 1050. The highest BCUT2D eigenvalue weighted by molar-refractivity contribution is 7.83. The molecule has 1 unspecified atom stereocenters. The summed E-state index contributed by atoms with van der Waals surface area (Å²) in [5.74, 6) is -0.0786. The van der Waals surface area contributed by atoms with E-state index >= 15 is 0 Å². The molecular weight excluding hydrogens is 435 g/mol. The molecule has 0 bridgehead atoms. The Balaban J connectivity index is 1.88. The lowest BCUT2D eigenvalue weighted by Gasteiger charge is -2.26. The van der Waals surface area contributed by atoms with Gasteiger partial charge in [0.1, 0.15) is 0 Å². The second kappa shape index (κ2) is 11.2. The van der Waals surface area contributed by atoms with Crippen LogP contribution < -0.4 is 10.6 Å². The number of carbonyl (C=O) groups excluding carboxylic acids is 2. The molecule has 3 rings (SSSR count). The van der Waals surface area contributed by atoms with Gasteiger partial charge in [-0.15, -0.1) is 0 Å². The van der Waals surface area contributed by atoms with Crippen LogP contribution in [0.15, 0.2) is 36.4 Å². The lowest BCUT2D eigenvalue weighted by molar-refractivity contribution is -0.116. The zero-order valence-corrected chi connectivity index (χ0v) is 21.0. The van der Waals surface area contributed by atoms with Gasteiger partial charge in [0.2, 0.25) is 5.91 Å². The lowest BCUT2D eigenvalue weighted by atomic mass is 9.98. The largest absolute Gasteiger partial charge is 0.326 e. The van der Waals surface area contributed by atoms with Crippen molar-refractivity contribution in [3.63, 3.8) is 0 Å². The molecule has 1 atom stereocenters. The number of hydrogen-bond donors (Lipinski definition) is 1. The van der Waals surface area contributed by atoms with E-state index in [0.29, 0.717) is 28.5 Å². The van der Waals surface area contributed by atoms with Crippen molar-refractivity contribution in [2.24, 2.45) is 0 Å². The third kappa shape index (κ3) is 5.81. The van der Waals surface area contributed by atoms with E-state index in [-0.39, 0.29) is 12.5 Å². The number of aryl methyl sites for hydroxylation is 2. The minimum atomic E-state index is -3.80. The average Bonchev–Trinajstić information content (AvgIpc) is 2.81. The number of rotatable bonds is 9. The van der Waals surface area contributed by atoms with Gasteiger partial charge in [-0.1, -0.05) is 30.7 Å². The minimum Gasteiger partial charge on any atom is -0.326 e. The number of hydrogen-bond acceptors (Lipinski definition) is 5. The maximum atomic E-state index is 13.9. The summed E-state index contributed by atoms with van der Waals surface area (Å²) in [5, 5.41) is 3.39. The molecule has 0 aliphatic carbocycles. The van der Waals surface area contributed by atoms with Gasteiger partial charge in [-0.05, 0) is 82.4 Å². The van der Waals surface area contributed by atoms with Gasteiger partial charge >= 0.3 is 7.37 Å². The standard InChI is InChI=1S/C26H35N2O4P/c1-5-32-33(31,22-12-8-6-9-13-22)26(30)24-19(2)18-20(3)25(21(24)4)27-23(29)14-17-28-15-10-7-11-16-28/h6,8-9,12-13,18H,5,7,10-11,14-17H2,1-4H3,(H,27,29). The highest BCUT2D eigenvalue weighted by atomic mass is 31.2. The monoisotopic (exact) mass is 470 g/mol. The molecule has 1 heterocycles. The van der Waals surface area contributed by atoms with Crippen molar-refractivity contribution in [1.82, 2.24) is 4.90 Å². The van der Waals surface area contributed by atoms with E-state index < -0.39 is 12.9 Å². The van der Waals surface area contributed by atoms with Crippen molar-refractivity contribution in [2.45, 2.75) is 53.4 Å². The third-order valence-corrected chi connectivity index (χ3v) is 8.59. The van der Waals surface area contributed by atoms with Crippen LogP contribution in [0.3, 0.4) is 0 Å². The first-order valence-corrected chi connectivity index (χ1v) is 13.4. The van der Waals surface area contributed by atoms with Crippen LogP contribution in [-0.4, -0.2) is 42.6 Å². The van der Waals surface area contributed by atoms with Crippen LogP contribution in [0.2, 0.25) is 0 Å². The molecule has 0 radical (unpaired) electrons. The van der Waals surface area contributed by atoms with E-state index in [1.165, 1.54) is 19.3 Å². The maximum Gasteiger partial charge on any atom is 0.300 e. The van der Waals surface area contributed by atoms with Crippen molar-refractivity contribution in [1.29, 1.82) is 0 Å². The van der Waals surface area contributed by atoms with Crippen molar-refractivity contribution >= 4 is 29.8 Å². The zero-order valence-electron chi connectivity index (χ0n) is 20.1. The molecule has 0 saturated carbocycles. The molecule has 33 heavy (non-hydrogen) atoms. The SMILES string of the molecule is CCOP(=O)(C(=O)c1c(C)cc(C)c(NC(=O)CCN2CCCCC2)c1C)c1ccccc1. The van der Waals surface area contributed by atoms with Crippen molar-refractivity contribution in [3.05, 3.63) is 58.7 Å². The normalized spacial score (nSPS) is 16.2. The molecule has 178 valence electrons. The van der Waals surface area contributed by atoms with Crippen LogP contribution in [0, 0.1) is 20.8 Å². The number of anilines is 1. The summed E-state index contributed by atoms with van der Waals surface area (Å²) in [6.45, 7) is 10.2. The molecule has 0 spiro atoms. The molecule has 1 saturated heterocycles. The Morgan fingerprint density at radius 1 is 1.03 bits per heavy atom. The summed E-state index contributed by atoms with van der Waals surface area (Å²) in [6, 6.07) is 10.5. The number of piperidine rings is 1. The van der Waals surface area contributed by atoms with Gasteiger partial charge in [0.25, 0.3) is 5.52 Å². The Labute approximate surface area is 197 Å². The van der Waals surface area contributed by atoms with Gasteiger partial charge in [-0.3, -0.25) is 14.2 Å². The van der Waals surface area contributed by atoms with Crippen LogP contribution in [-0.2, 0) is 13.9 Å². The summed E-state index contributed by atoms with van der Waals surface area (Å²) >= 11 is 0. The Morgan fingerprint density at radius 3 is 2.33 bits per heavy atom. The van der Waals surface area contributed by atoms with Crippen molar-refractivity contribution in [2.75, 3.05) is 31.6 Å². The number of amides is 1. The number of likely N-dealkylation sites (tertiary alicyclic amines) is 1. The van der Waals surface area contributed by atoms with E-state index in [9.17, 15) is 14.2 Å². The average molecular weight is 471 g/mol. The second-order valence-electron chi connectivity index (χ2n) is 8.70. The smallest absolute Gasteiger partial charge is 0.300 e. The molecule has 0 aromatic heterocycles. The number of nitrogens with one attached hydrogen (secondary N) is 1. The fraction of sp³-hybridized carbons (Fsp3) is 0.462. The predicted octanol–water partition coefficient (Wildman–Crippen LogP) is 5.21. The third-order valence-electron chi connectivity index (χ3n) is 6.23. The van der Waals surface area contributed by atoms with Crippen LogP contribution >= 0.6 is 7.37 Å².